The smallest absolute Gasteiger partial charge is 0.250 e. The lowest BCUT2D eigenvalue weighted by Crippen LogP contribution is -2.48. The van der Waals surface area contributed by atoms with Gasteiger partial charge in [-0.25, -0.2) is 26.3 Å². The summed E-state index contributed by atoms with van der Waals surface area (Å²) in [4.78, 5) is 0.840. The normalized spacial score (nSPS) is 22.6. The topological polar surface area (TPSA) is 104 Å². The number of thiophene rings is 1. The summed E-state index contributed by atoms with van der Waals surface area (Å²) in [6, 6.07) is 3.27. The van der Waals surface area contributed by atoms with Gasteiger partial charge in [0.15, 0.2) is 0 Å². The van der Waals surface area contributed by atoms with E-state index in [-0.39, 0.29) is 28.5 Å². The van der Waals surface area contributed by atoms with Crippen LogP contribution in [-0.4, -0.2) is 48.3 Å². The van der Waals surface area contributed by atoms with Crippen LogP contribution in [0, 0.1) is 5.92 Å². The summed E-state index contributed by atoms with van der Waals surface area (Å²) in [5.41, 5.74) is 0. The van der Waals surface area contributed by atoms with E-state index in [1.807, 2.05) is 6.92 Å². The van der Waals surface area contributed by atoms with Crippen molar-refractivity contribution in [1.82, 2.24) is 14.8 Å². The van der Waals surface area contributed by atoms with Crippen molar-refractivity contribution in [2.24, 2.45) is 5.92 Å². The third kappa shape index (κ3) is 5.50. The van der Waals surface area contributed by atoms with E-state index < -0.39 is 20.0 Å². The molecule has 1 saturated heterocycles. The van der Waals surface area contributed by atoms with Gasteiger partial charge in [-0.2, -0.15) is 0 Å². The number of nitrogens with one attached hydrogen (secondary N) is 3. The summed E-state index contributed by atoms with van der Waals surface area (Å²) < 4.78 is 53.3. The average molecular weight is 396 g/mol. The second-order valence-corrected chi connectivity index (χ2v) is 11.2. The van der Waals surface area contributed by atoms with Crippen LogP contribution in [0.5, 0.6) is 0 Å². The van der Waals surface area contributed by atoms with Crippen LogP contribution in [-0.2, 0) is 26.5 Å². The minimum atomic E-state index is -3.53. The van der Waals surface area contributed by atoms with Gasteiger partial charge in [-0.05, 0) is 50.9 Å². The van der Waals surface area contributed by atoms with Gasteiger partial charge < -0.3 is 5.32 Å². The molecule has 24 heavy (non-hydrogen) atoms. The van der Waals surface area contributed by atoms with Crippen LogP contribution in [0.1, 0.15) is 25.1 Å². The molecule has 0 aromatic carbocycles. The first kappa shape index (κ1) is 19.8. The highest BCUT2D eigenvalue weighted by atomic mass is 32.2. The largest absolute Gasteiger partial charge is 0.316 e. The molecule has 2 heterocycles. The van der Waals surface area contributed by atoms with Gasteiger partial charge in [-0.15, -0.1) is 11.3 Å². The first-order chi connectivity index (χ1) is 11.2. The molecule has 2 unspecified atom stereocenters. The zero-order chi connectivity index (χ0) is 17.8. The van der Waals surface area contributed by atoms with Crippen molar-refractivity contribution in [1.29, 1.82) is 0 Å². The van der Waals surface area contributed by atoms with E-state index >= 15 is 0 Å². The maximum absolute atomic E-state index is 12.5. The molecule has 0 amide bonds. The van der Waals surface area contributed by atoms with Gasteiger partial charge in [-0.1, -0.05) is 6.92 Å². The molecule has 1 fully saturated rings. The van der Waals surface area contributed by atoms with Gasteiger partial charge in [0, 0.05) is 17.5 Å². The van der Waals surface area contributed by atoms with E-state index in [9.17, 15) is 16.8 Å². The van der Waals surface area contributed by atoms with Crippen LogP contribution in [0.4, 0.5) is 0 Å². The summed E-state index contributed by atoms with van der Waals surface area (Å²) in [5.74, 6) is 0.284. The molecule has 0 spiro atoms. The number of hydrogen-bond donors (Lipinski definition) is 3. The lowest BCUT2D eigenvalue weighted by molar-refractivity contribution is 0.328. The quantitative estimate of drug-likeness (QED) is 0.595. The molecule has 1 aliphatic rings. The summed E-state index contributed by atoms with van der Waals surface area (Å²) >= 11 is 1.19. The number of sulfonamides is 2. The second kappa shape index (κ2) is 8.24. The van der Waals surface area contributed by atoms with Crippen molar-refractivity contribution in [2.75, 3.05) is 25.4 Å². The van der Waals surface area contributed by atoms with Gasteiger partial charge in [0.1, 0.15) is 4.21 Å². The molecule has 0 radical (unpaired) electrons. The average Bonchev–Trinajstić information content (AvgIpc) is 2.99. The predicted octanol–water partition coefficient (Wildman–Crippen LogP) is 0.506. The SMILES string of the molecule is CCS(=O)(=O)NCCc1ccc(S(=O)(=O)NC2CCNCC2C)s1. The highest BCUT2D eigenvalue weighted by Crippen LogP contribution is 2.23. The molecule has 7 nitrogen and oxygen atoms in total. The zero-order valence-electron chi connectivity index (χ0n) is 13.9. The summed E-state index contributed by atoms with van der Waals surface area (Å²) in [6.07, 6.45) is 1.25. The Morgan fingerprint density at radius 3 is 2.71 bits per heavy atom. The van der Waals surface area contributed by atoms with Gasteiger partial charge in [0.2, 0.25) is 20.0 Å². The van der Waals surface area contributed by atoms with E-state index in [0.29, 0.717) is 6.42 Å². The Bertz CT molecular complexity index is 743. The summed E-state index contributed by atoms with van der Waals surface area (Å²) in [5, 5.41) is 3.25. The zero-order valence-corrected chi connectivity index (χ0v) is 16.4. The molecule has 0 bridgehead atoms. The lowest BCUT2D eigenvalue weighted by Gasteiger charge is -2.29. The Hall–Kier alpha value is -0.520. The monoisotopic (exact) mass is 395 g/mol. The first-order valence-corrected chi connectivity index (χ1v) is 12.0. The van der Waals surface area contributed by atoms with Gasteiger partial charge in [0.05, 0.1) is 5.75 Å². The maximum atomic E-state index is 12.5. The van der Waals surface area contributed by atoms with E-state index in [4.69, 9.17) is 0 Å². The summed E-state index contributed by atoms with van der Waals surface area (Å²) in [6.45, 7) is 5.49. The Labute approximate surface area is 148 Å². The van der Waals surface area contributed by atoms with Crippen LogP contribution in [0.3, 0.4) is 0 Å². The van der Waals surface area contributed by atoms with Gasteiger partial charge in [0.25, 0.3) is 0 Å². The Morgan fingerprint density at radius 1 is 1.29 bits per heavy atom. The van der Waals surface area contributed by atoms with Crippen molar-refractivity contribution >= 4 is 31.4 Å². The van der Waals surface area contributed by atoms with Gasteiger partial charge >= 0.3 is 0 Å². The maximum Gasteiger partial charge on any atom is 0.250 e. The van der Waals surface area contributed by atoms with Crippen molar-refractivity contribution in [3.8, 4) is 0 Å². The molecule has 1 aliphatic heterocycles. The molecular formula is C14H25N3O4S3. The highest BCUT2D eigenvalue weighted by Gasteiger charge is 2.27. The highest BCUT2D eigenvalue weighted by molar-refractivity contribution is 7.91. The Kier molecular flexibility index (Phi) is 6.80. The number of hydrogen-bond acceptors (Lipinski definition) is 6. The van der Waals surface area contributed by atoms with E-state index in [1.54, 1.807) is 19.1 Å². The van der Waals surface area contributed by atoms with Gasteiger partial charge in [-0.3, -0.25) is 0 Å². The van der Waals surface area contributed by atoms with Crippen molar-refractivity contribution < 1.29 is 16.8 Å². The molecule has 0 saturated carbocycles. The molecule has 3 N–H and O–H groups in total. The lowest BCUT2D eigenvalue weighted by atomic mass is 9.97. The van der Waals surface area contributed by atoms with Crippen LogP contribution >= 0.6 is 11.3 Å². The molecule has 1 aromatic heterocycles. The summed E-state index contributed by atoms with van der Waals surface area (Å²) in [7, 11) is -6.75. The fourth-order valence-electron chi connectivity index (χ4n) is 2.52. The molecule has 0 aliphatic carbocycles. The minimum Gasteiger partial charge on any atom is -0.316 e. The van der Waals surface area contributed by atoms with Crippen LogP contribution in [0.25, 0.3) is 0 Å². The second-order valence-electron chi connectivity index (χ2n) is 5.97. The number of rotatable bonds is 8. The predicted molar refractivity (Wildman–Crippen MR) is 96.2 cm³/mol. The minimum absolute atomic E-state index is 0.0371. The van der Waals surface area contributed by atoms with E-state index in [2.05, 4.69) is 14.8 Å². The van der Waals surface area contributed by atoms with Crippen molar-refractivity contribution in [3.63, 3.8) is 0 Å². The molecule has 1 aromatic rings. The Morgan fingerprint density at radius 2 is 2.04 bits per heavy atom. The fourth-order valence-corrected chi connectivity index (χ4v) is 5.88. The Balaban J connectivity index is 1.95. The van der Waals surface area contributed by atoms with E-state index in [1.165, 1.54) is 11.3 Å². The van der Waals surface area contributed by atoms with Crippen LogP contribution in [0.2, 0.25) is 0 Å². The van der Waals surface area contributed by atoms with Crippen LogP contribution < -0.4 is 14.8 Å². The van der Waals surface area contributed by atoms with Crippen molar-refractivity contribution in [2.45, 2.75) is 36.9 Å². The van der Waals surface area contributed by atoms with Crippen LogP contribution in [0.15, 0.2) is 16.3 Å². The number of piperidine rings is 1. The molecule has 10 heteroatoms. The van der Waals surface area contributed by atoms with Crippen molar-refractivity contribution in [3.05, 3.63) is 17.0 Å². The van der Waals surface area contributed by atoms with E-state index in [0.717, 1.165) is 24.4 Å². The third-order valence-corrected chi connectivity index (χ3v) is 8.60. The molecular weight excluding hydrogens is 370 g/mol. The fraction of sp³-hybridized carbons (Fsp3) is 0.714. The standard InChI is InChI=1S/C14H25N3O4S3/c1-3-23(18,19)16-9-6-12-4-5-14(22-12)24(20,21)17-13-7-8-15-10-11(13)2/h4-5,11,13,15-17H,3,6-10H2,1-2H3. The molecule has 2 atom stereocenters. The third-order valence-electron chi connectivity index (χ3n) is 4.07. The molecule has 2 rings (SSSR count). The molecule has 138 valence electrons. The first-order valence-electron chi connectivity index (χ1n) is 8.02.